The number of allylic oxidation sites excluding steroid dienone is 1. The molecule has 0 aliphatic heterocycles. The average molecular weight is 806 g/mol. The standard InChI is InChI=1S/C48H69ClN2O6/c1-27(2)37-33(52)25-48(51-41(56)44(7,8)50-26-28-12-14-29(49)15-13-28)23-22-46(10)30(38(37)48)16-17-35-45(9)20-19-36(43(5,6)34(45)18-21-47(35,46)11)57-40(55)32-24-31(39(53)54)42(32,3)4/h12-15,27,30-32,34-36,50H,16-26H2,1-11H3,(H,51,56)(H,53,54)/t30-,31+,32?,34+,35-,36+,45+,46-,47-,48-/m1/s1. The Morgan fingerprint density at radius 2 is 1.53 bits per heavy atom. The van der Waals surface area contributed by atoms with Crippen molar-refractivity contribution in [1.82, 2.24) is 10.6 Å². The van der Waals surface area contributed by atoms with Crippen molar-refractivity contribution in [3.63, 3.8) is 0 Å². The molecule has 10 atom stereocenters. The monoisotopic (exact) mass is 804 g/mol. The molecule has 5 fully saturated rings. The van der Waals surface area contributed by atoms with Gasteiger partial charge in [0.05, 0.1) is 22.9 Å². The second-order valence-electron chi connectivity index (χ2n) is 22.1. The first-order valence-corrected chi connectivity index (χ1v) is 22.3. The van der Waals surface area contributed by atoms with Crippen LogP contribution in [0.15, 0.2) is 35.4 Å². The van der Waals surface area contributed by atoms with E-state index in [1.165, 1.54) is 5.57 Å². The van der Waals surface area contributed by atoms with Gasteiger partial charge in [-0.1, -0.05) is 86.0 Å². The van der Waals surface area contributed by atoms with Crippen LogP contribution in [0.3, 0.4) is 0 Å². The van der Waals surface area contributed by atoms with Crippen LogP contribution in [0.5, 0.6) is 0 Å². The smallest absolute Gasteiger partial charge is 0.309 e. The zero-order chi connectivity index (χ0) is 41.9. The highest BCUT2D eigenvalue weighted by Gasteiger charge is 2.70. The molecule has 6 aliphatic carbocycles. The van der Waals surface area contributed by atoms with E-state index in [0.717, 1.165) is 62.5 Å². The summed E-state index contributed by atoms with van der Waals surface area (Å²) in [4.78, 5) is 54.0. The van der Waals surface area contributed by atoms with Crippen LogP contribution in [-0.4, -0.2) is 45.9 Å². The number of esters is 1. The summed E-state index contributed by atoms with van der Waals surface area (Å²) >= 11 is 6.12. The summed E-state index contributed by atoms with van der Waals surface area (Å²) < 4.78 is 6.42. The number of amides is 1. The number of halogens is 1. The predicted octanol–water partition coefficient (Wildman–Crippen LogP) is 9.72. The molecule has 5 saturated carbocycles. The molecule has 1 unspecified atom stereocenters. The second-order valence-corrected chi connectivity index (χ2v) is 22.6. The van der Waals surface area contributed by atoms with E-state index < -0.39 is 28.4 Å². The molecule has 7 rings (SSSR count). The van der Waals surface area contributed by atoms with Crippen LogP contribution in [0.25, 0.3) is 0 Å². The third kappa shape index (κ3) is 6.38. The van der Waals surface area contributed by atoms with Crippen LogP contribution in [0.2, 0.25) is 5.02 Å². The van der Waals surface area contributed by atoms with Crippen LogP contribution in [-0.2, 0) is 30.5 Å². The lowest BCUT2D eigenvalue weighted by atomic mass is 9.33. The van der Waals surface area contributed by atoms with Gasteiger partial charge in [0.15, 0.2) is 5.78 Å². The van der Waals surface area contributed by atoms with E-state index >= 15 is 0 Å². The van der Waals surface area contributed by atoms with Gasteiger partial charge in [0.2, 0.25) is 5.91 Å². The molecule has 0 heterocycles. The van der Waals surface area contributed by atoms with Gasteiger partial charge in [0.1, 0.15) is 6.10 Å². The lowest BCUT2D eigenvalue weighted by Crippen LogP contribution is -2.68. The van der Waals surface area contributed by atoms with Gasteiger partial charge in [-0.25, -0.2) is 0 Å². The molecule has 0 saturated heterocycles. The molecular weight excluding hydrogens is 736 g/mol. The number of hydrogen-bond donors (Lipinski definition) is 3. The Hall–Kier alpha value is -2.71. The van der Waals surface area contributed by atoms with E-state index in [1.807, 2.05) is 52.0 Å². The highest BCUT2D eigenvalue weighted by Crippen LogP contribution is 2.76. The van der Waals surface area contributed by atoms with Gasteiger partial charge in [-0.2, -0.15) is 0 Å². The number of ether oxygens (including phenoxy) is 1. The largest absolute Gasteiger partial charge is 0.481 e. The van der Waals surface area contributed by atoms with Crippen molar-refractivity contribution in [1.29, 1.82) is 0 Å². The molecule has 0 radical (unpaired) electrons. The number of nitrogens with one attached hydrogen (secondary N) is 2. The summed E-state index contributed by atoms with van der Waals surface area (Å²) in [5.74, 6) is -0.736. The Labute approximate surface area is 346 Å². The van der Waals surface area contributed by atoms with Gasteiger partial charge in [-0.05, 0) is 146 Å². The lowest BCUT2D eigenvalue weighted by molar-refractivity contribution is -0.235. The molecule has 314 valence electrons. The maximum atomic E-state index is 14.4. The fraction of sp³-hybridized carbons (Fsp3) is 0.750. The van der Waals surface area contributed by atoms with Crippen LogP contribution in [0.4, 0.5) is 0 Å². The third-order valence-corrected chi connectivity index (χ3v) is 18.3. The topological polar surface area (TPSA) is 122 Å². The SMILES string of the molecule is CC(C)C1=C2[C@H]3CC[C@@H]4[C@@]5(C)CC[C@H](OC(=O)C6C[C@@H](C(=O)O)C6(C)C)C(C)(C)[C@@H]5CC[C@@]4(C)[C@]3(C)CC[C@@]2(NC(=O)C(C)(C)NCc2ccc(Cl)cc2)CC1=O. The molecule has 0 bridgehead atoms. The second kappa shape index (κ2) is 13.9. The normalized spacial score (nSPS) is 39.3. The molecule has 3 N–H and O–H groups in total. The van der Waals surface area contributed by atoms with Crippen molar-refractivity contribution in [2.24, 2.45) is 62.6 Å². The average Bonchev–Trinajstić information content (AvgIpc) is 3.40. The quantitative estimate of drug-likeness (QED) is 0.213. The maximum Gasteiger partial charge on any atom is 0.309 e. The Morgan fingerprint density at radius 3 is 2.14 bits per heavy atom. The Balaban J connectivity index is 1.13. The van der Waals surface area contributed by atoms with Crippen molar-refractivity contribution < 1.29 is 29.0 Å². The first-order valence-electron chi connectivity index (χ1n) is 21.9. The molecule has 1 aromatic carbocycles. The van der Waals surface area contributed by atoms with E-state index in [-0.39, 0.29) is 63.2 Å². The number of benzene rings is 1. The Morgan fingerprint density at radius 1 is 0.860 bits per heavy atom. The molecule has 8 nitrogen and oxygen atoms in total. The van der Waals surface area contributed by atoms with E-state index in [4.69, 9.17) is 16.3 Å². The third-order valence-electron chi connectivity index (χ3n) is 18.0. The van der Waals surface area contributed by atoms with E-state index in [1.54, 1.807) is 0 Å². The number of Topliss-reactive ketones (excluding diaryl/α,β-unsaturated/α-hetero) is 1. The highest BCUT2D eigenvalue weighted by molar-refractivity contribution is 6.30. The molecule has 6 aliphatic rings. The highest BCUT2D eigenvalue weighted by atomic mass is 35.5. The molecule has 0 spiro atoms. The van der Waals surface area contributed by atoms with Gasteiger partial charge in [-0.15, -0.1) is 0 Å². The minimum Gasteiger partial charge on any atom is -0.481 e. The predicted molar refractivity (Wildman–Crippen MR) is 223 cm³/mol. The number of rotatable bonds is 9. The zero-order valence-electron chi connectivity index (χ0n) is 36.5. The molecular formula is C48H69ClN2O6. The van der Waals surface area contributed by atoms with E-state index in [0.29, 0.717) is 36.2 Å². The molecule has 9 heteroatoms. The number of aliphatic carboxylic acids is 1. The van der Waals surface area contributed by atoms with E-state index in [9.17, 15) is 24.3 Å². The van der Waals surface area contributed by atoms with Gasteiger partial charge >= 0.3 is 11.9 Å². The van der Waals surface area contributed by atoms with Crippen molar-refractivity contribution >= 4 is 35.2 Å². The molecule has 1 amide bonds. The first kappa shape index (κ1) is 42.4. The van der Waals surface area contributed by atoms with Crippen LogP contribution >= 0.6 is 11.6 Å². The number of fused-ring (bicyclic) bond motifs is 7. The number of hydrogen-bond acceptors (Lipinski definition) is 6. The van der Waals surface area contributed by atoms with Crippen molar-refractivity contribution in [2.75, 3.05) is 0 Å². The number of carbonyl (C=O) groups is 4. The number of carbonyl (C=O) groups excluding carboxylic acids is 3. The summed E-state index contributed by atoms with van der Waals surface area (Å²) in [5, 5.41) is 17.4. The first-order chi connectivity index (χ1) is 26.4. The maximum absolute atomic E-state index is 14.4. The van der Waals surface area contributed by atoms with Crippen LogP contribution in [0, 0.1) is 62.6 Å². The van der Waals surface area contributed by atoms with Gasteiger partial charge < -0.3 is 15.2 Å². The fourth-order valence-corrected chi connectivity index (χ4v) is 14.4. The fourth-order valence-electron chi connectivity index (χ4n) is 14.3. The number of carboxylic acids is 1. The summed E-state index contributed by atoms with van der Waals surface area (Å²) in [6.07, 6.45) is 8.16. The lowest BCUT2D eigenvalue weighted by Gasteiger charge is -2.72. The minimum absolute atomic E-state index is 0.0266. The van der Waals surface area contributed by atoms with Gasteiger partial charge in [0, 0.05) is 23.4 Å². The van der Waals surface area contributed by atoms with Crippen LogP contribution < -0.4 is 10.6 Å². The summed E-state index contributed by atoms with van der Waals surface area (Å²) in [5.41, 5.74) is 0.873. The van der Waals surface area contributed by atoms with Gasteiger partial charge in [0.25, 0.3) is 0 Å². The van der Waals surface area contributed by atoms with Gasteiger partial charge in [-0.3, -0.25) is 24.5 Å². The minimum atomic E-state index is -0.866. The van der Waals surface area contributed by atoms with Crippen LogP contribution in [0.1, 0.15) is 146 Å². The molecule has 57 heavy (non-hydrogen) atoms. The zero-order valence-corrected chi connectivity index (χ0v) is 37.3. The molecule has 0 aromatic heterocycles. The Kier molecular flexibility index (Phi) is 10.4. The van der Waals surface area contributed by atoms with Crippen molar-refractivity contribution in [3.05, 3.63) is 46.0 Å². The molecule has 1 aromatic rings. The number of carboxylic acid groups (broad SMARTS) is 1. The summed E-state index contributed by atoms with van der Waals surface area (Å²) in [7, 11) is 0. The van der Waals surface area contributed by atoms with Crippen molar-refractivity contribution in [3.8, 4) is 0 Å². The number of ketones is 1. The Bertz CT molecular complexity index is 1860. The van der Waals surface area contributed by atoms with E-state index in [2.05, 4.69) is 59.1 Å². The summed E-state index contributed by atoms with van der Waals surface area (Å²) in [6.45, 7) is 24.7. The van der Waals surface area contributed by atoms with Crippen molar-refractivity contribution in [2.45, 2.75) is 164 Å². The summed E-state index contributed by atoms with van der Waals surface area (Å²) in [6, 6.07) is 7.66.